The highest BCUT2D eigenvalue weighted by molar-refractivity contribution is 7.89. The normalized spacial score (nSPS) is 23.2. The number of carbonyl (C=O) groups excluding carboxylic acids is 1. The molecule has 2 aliphatic rings. The van der Waals surface area contributed by atoms with E-state index in [2.05, 4.69) is 41.4 Å². The van der Waals surface area contributed by atoms with Crippen LogP contribution in [0.1, 0.15) is 51.1 Å². The molecular weight excluding hydrogens is 434 g/mol. The molecule has 0 spiro atoms. The van der Waals surface area contributed by atoms with Gasteiger partial charge in [-0.3, -0.25) is 4.79 Å². The molecule has 7 heteroatoms. The van der Waals surface area contributed by atoms with Crippen molar-refractivity contribution in [2.45, 2.75) is 50.5 Å². The van der Waals surface area contributed by atoms with E-state index >= 15 is 0 Å². The van der Waals surface area contributed by atoms with Gasteiger partial charge in [0.15, 0.2) is 0 Å². The molecule has 2 fully saturated rings. The van der Waals surface area contributed by atoms with Crippen LogP contribution in [0, 0.1) is 11.8 Å². The Hall–Kier alpha value is -2.38. The Balaban J connectivity index is 1.36. The molecular formula is C26H35N3O3S. The molecule has 2 heterocycles. The van der Waals surface area contributed by atoms with Gasteiger partial charge in [-0.25, -0.2) is 8.42 Å². The third-order valence-electron chi connectivity index (χ3n) is 6.91. The first-order valence-corrected chi connectivity index (χ1v) is 13.5. The maximum Gasteiger partial charge on any atom is 0.243 e. The number of carbonyl (C=O) groups is 1. The monoisotopic (exact) mass is 469 g/mol. The van der Waals surface area contributed by atoms with Crippen LogP contribution in [0.2, 0.25) is 0 Å². The zero-order valence-electron chi connectivity index (χ0n) is 19.6. The van der Waals surface area contributed by atoms with Crippen molar-refractivity contribution in [3.8, 4) is 0 Å². The maximum atomic E-state index is 13.0. The molecule has 178 valence electrons. The van der Waals surface area contributed by atoms with E-state index in [9.17, 15) is 13.2 Å². The molecule has 6 nitrogen and oxygen atoms in total. The average Bonchev–Trinajstić information content (AvgIpc) is 2.84. The van der Waals surface area contributed by atoms with Crippen molar-refractivity contribution in [1.82, 2.24) is 9.62 Å². The third-order valence-corrected chi connectivity index (χ3v) is 8.79. The maximum absolute atomic E-state index is 13.0. The van der Waals surface area contributed by atoms with Gasteiger partial charge >= 0.3 is 0 Å². The minimum Gasteiger partial charge on any atom is -0.371 e. The third kappa shape index (κ3) is 5.58. The van der Waals surface area contributed by atoms with Crippen LogP contribution in [-0.2, 0) is 14.8 Å². The second kappa shape index (κ2) is 10.3. The highest BCUT2D eigenvalue weighted by atomic mass is 32.2. The van der Waals surface area contributed by atoms with Gasteiger partial charge in [0.2, 0.25) is 15.9 Å². The second-order valence-electron chi connectivity index (χ2n) is 9.53. The average molecular weight is 470 g/mol. The molecule has 2 aliphatic heterocycles. The van der Waals surface area contributed by atoms with Crippen LogP contribution in [0.15, 0.2) is 59.5 Å². The summed E-state index contributed by atoms with van der Waals surface area (Å²) in [7, 11) is -3.58. The van der Waals surface area contributed by atoms with Crippen LogP contribution in [0.3, 0.4) is 0 Å². The van der Waals surface area contributed by atoms with E-state index < -0.39 is 10.0 Å². The Morgan fingerprint density at radius 1 is 0.970 bits per heavy atom. The van der Waals surface area contributed by atoms with Crippen molar-refractivity contribution in [2.24, 2.45) is 11.8 Å². The second-order valence-corrected chi connectivity index (χ2v) is 11.5. The number of rotatable bonds is 6. The number of hydrogen-bond donors (Lipinski definition) is 1. The fourth-order valence-corrected chi connectivity index (χ4v) is 6.47. The SMILES string of the molecule is C[C@@H]1CCCN(c2ccc([C@@H](C)NC(=O)[C@H]3CCCN(S(=O)(=O)c4ccccc4)C3)cc2)C1. The molecule has 0 radical (unpaired) electrons. The van der Waals surface area contributed by atoms with Crippen LogP contribution in [0.5, 0.6) is 0 Å². The lowest BCUT2D eigenvalue weighted by molar-refractivity contribution is -0.126. The number of amides is 1. The quantitative estimate of drug-likeness (QED) is 0.688. The number of sulfonamides is 1. The Morgan fingerprint density at radius 2 is 1.67 bits per heavy atom. The Kier molecular flexibility index (Phi) is 7.39. The van der Waals surface area contributed by atoms with E-state index in [-0.39, 0.29) is 29.3 Å². The van der Waals surface area contributed by atoms with Gasteiger partial charge < -0.3 is 10.2 Å². The number of nitrogens with zero attached hydrogens (tertiary/aromatic N) is 2. The van der Waals surface area contributed by atoms with Gasteiger partial charge in [-0.15, -0.1) is 0 Å². The highest BCUT2D eigenvalue weighted by Gasteiger charge is 2.33. The van der Waals surface area contributed by atoms with Crippen LogP contribution in [-0.4, -0.2) is 44.8 Å². The molecule has 0 bridgehead atoms. The molecule has 2 aromatic carbocycles. The fourth-order valence-electron chi connectivity index (χ4n) is 4.93. The lowest BCUT2D eigenvalue weighted by atomic mass is 9.97. The van der Waals surface area contributed by atoms with Crippen molar-refractivity contribution in [3.63, 3.8) is 0 Å². The zero-order chi connectivity index (χ0) is 23.4. The first-order chi connectivity index (χ1) is 15.8. The van der Waals surface area contributed by atoms with E-state index in [1.54, 1.807) is 30.3 Å². The van der Waals surface area contributed by atoms with Crippen LogP contribution < -0.4 is 10.2 Å². The molecule has 2 aromatic rings. The number of hydrogen-bond acceptors (Lipinski definition) is 4. The van der Waals surface area contributed by atoms with Crippen LogP contribution >= 0.6 is 0 Å². The highest BCUT2D eigenvalue weighted by Crippen LogP contribution is 2.26. The van der Waals surface area contributed by atoms with Crippen molar-refractivity contribution in [1.29, 1.82) is 0 Å². The van der Waals surface area contributed by atoms with Gasteiger partial charge in [-0.1, -0.05) is 37.3 Å². The number of piperidine rings is 2. The van der Waals surface area contributed by atoms with Gasteiger partial charge in [0.25, 0.3) is 0 Å². The predicted octanol–water partition coefficient (Wildman–Crippen LogP) is 4.20. The summed E-state index contributed by atoms with van der Waals surface area (Å²) in [4.78, 5) is 15.7. The summed E-state index contributed by atoms with van der Waals surface area (Å²) in [6, 6.07) is 16.8. The predicted molar refractivity (Wildman–Crippen MR) is 132 cm³/mol. The summed E-state index contributed by atoms with van der Waals surface area (Å²) in [5.74, 6) is 0.301. The van der Waals surface area contributed by atoms with Crippen molar-refractivity contribution >= 4 is 21.6 Å². The Labute approximate surface area is 198 Å². The number of benzene rings is 2. The van der Waals surface area contributed by atoms with E-state index in [1.165, 1.54) is 22.8 Å². The Morgan fingerprint density at radius 3 is 2.36 bits per heavy atom. The standard InChI is InChI=1S/C26H35N3O3S/c1-20-8-6-16-28(18-20)24-14-12-22(13-15-24)21(2)27-26(30)23-9-7-17-29(19-23)33(31,32)25-10-4-3-5-11-25/h3-5,10-15,20-21,23H,6-9,16-19H2,1-2H3,(H,27,30)/t20-,21-,23+/m1/s1. The largest absolute Gasteiger partial charge is 0.371 e. The smallest absolute Gasteiger partial charge is 0.243 e. The minimum absolute atomic E-state index is 0.0793. The molecule has 33 heavy (non-hydrogen) atoms. The summed E-state index contributed by atoms with van der Waals surface area (Å²) < 4.78 is 27.4. The van der Waals surface area contributed by atoms with Gasteiger partial charge in [-0.2, -0.15) is 4.31 Å². The van der Waals surface area contributed by atoms with E-state index in [4.69, 9.17) is 0 Å². The van der Waals surface area contributed by atoms with Crippen molar-refractivity contribution in [3.05, 3.63) is 60.2 Å². The van der Waals surface area contributed by atoms with Crippen LogP contribution in [0.4, 0.5) is 5.69 Å². The molecule has 2 saturated heterocycles. The molecule has 1 N–H and O–H groups in total. The molecule has 0 aliphatic carbocycles. The Bertz CT molecular complexity index is 1040. The summed E-state index contributed by atoms with van der Waals surface area (Å²) in [5, 5.41) is 3.11. The first-order valence-electron chi connectivity index (χ1n) is 12.0. The van der Waals surface area contributed by atoms with Gasteiger partial charge in [0.05, 0.1) is 16.9 Å². The first kappa shape index (κ1) is 23.8. The molecule has 0 unspecified atom stereocenters. The van der Waals surface area contributed by atoms with Crippen molar-refractivity contribution < 1.29 is 13.2 Å². The van der Waals surface area contributed by atoms with Gasteiger partial charge in [-0.05, 0) is 68.4 Å². The van der Waals surface area contributed by atoms with E-state index in [1.807, 2.05) is 6.92 Å². The van der Waals surface area contributed by atoms with Gasteiger partial charge in [0.1, 0.15) is 0 Å². The molecule has 0 aromatic heterocycles. The minimum atomic E-state index is -3.58. The zero-order valence-corrected chi connectivity index (χ0v) is 20.4. The summed E-state index contributed by atoms with van der Waals surface area (Å²) in [6.45, 7) is 7.15. The lowest BCUT2D eigenvalue weighted by Crippen LogP contribution is -2.45. The molecule has 4 rings (SSSR count). The number of nitrogens with one attached hydrogen (secondary N) is 1. The summed E-state index contributed by atoms with van der Waals surface area (Å²) in [6.07, 6.45) is 3.91. The molecule has 3 atom stereocenters. The van der Waals surface area contributed by atoms with E-state index in [0.29, 0.717) is 19.4 Å². The lowest BCUT2D eigenvalue weighted by Gasteiger charge is -2.33. The summed E-state index contributed by atoms with van der Waals surface area (Å²) >= 11 is 0. The van der Waals surface area contributed by atoms with Crippen molar-refractivity contribution in [2.75, 3.05) is 31.1 Å². The number of anilines is 1. The molecule has 0 saturated carbocycles. The summed E-state index contributed by atoms with van der Waals surface area (Å²) in [5.41, 5.74) is 2.29. The fraction of sp³-hybridized carbons (Fsp3) is 0.500. The van der Waals surface area contributed by atoms with Gasteiger partial charge in [0, 0.05) is 31.9 Å². The van der Waals surface area contributed by atoms with E-state index in [0.717, 1.165) is 24.6 Å². The molecule has 1 amide bonds. The topological polar surface area (TPSA) is 69.7 Å². The van der Waals surface area contributed by atoms with Crippen LogP contribution in [0.25, 0.3) is 0 Å².